The molecule has 0 atom stereocenters. The molecule has 26 heavy (non-hydrogen) atoms. The van der Waals surface area contributed by atoms with E-state index >= 15 is 0 Å². The molecule has 0 unspecified atom stereocenters. The van der Waals surface area contributed by atoms with Crippen molar-refractivity contribution in [2.45, 2.75) is 26.4 Å². The Morgan fingerprint density at radius 1 is 1.15 bits per heavy atom. The molecule has 0 saturated heterocycles. The number of carbonyl (C=O) groups excluding carboxylic acids is 1. The van der Waals surface area contributed by atoms with Crippen LogP contribution in [0.5, 0.6) is 0 Å². The number of para-hydroxylation sites is 1. The standard InChI is InChI=1S/C21H22N2O2S/c1-14(2)15-8-10-16(11-9-15)21-23-19(13-26-21)20(24)22-18-7-5-4-6-17(18)12-25-3/h4-11,13-14H,12H2,1-3H3,(H,22,24). The molecule has 0 aliphatic carbocycles. The van der Waals surface area contributed by atoms with Gasteiger partial charge in [0.2, 0.25) is 0 Å². The van der Waals surface area contributed by atoms with Gasteiger partial charge >= 0.3 is 0 Å². The monoisotopic (exact) mass is 366 g/mol. The van der Waals surface area contributed by atoms with Gasteiger partial charge in [-0.2, -0.15) is 0 Å². The quantitative estimate of drug-likeness (QED) is 0.641. The summed E-state index contributed by atoms with van der Waals surface area (Å²) in [5.74, 6) is 0.281. The van der Waals surface area contributed by atoms with Crippen molar-refractivity contribution in [3.8, 4) is 10.6 Å². The van der Waals surface area contributed by atoms with Crippen LogP contribution < -0.4 is 5.32 Å². The van der Waals surface area contributed by atoms with E-state index in [0.717, 1.165) is 21.8 Å². The van der Waals surface area contributed by atoms with E-state index in [1.807, 2.05) is 24.3 Å². The predicted octanol–water partition coefficient (Wildman–Crippen LogP) is 5.33. The van der Waals surface area contributed by atoms with Crippen LogP contribution in [0.3, 0.4) is 0 Å². The number of methoxy groups -OCH3 is 1. The van der Waals surface area contributed by atoms with E-state index in [9.17, 15) is 4.79 Å². The Bertz CT molecular complexity index is 885. The zero-order valence-corrected chi connectivity index (χ0v) is 16.0. The summed E-state index contributed by atoms with van der Waals surface area (Å²) >= 11 is 1.47. The third-order valence-electron chi connectivity index (χ3n) is 4.13. The van der Waals surface area contributed by atoms with Gasteiger partial charge in [0, 0.05) is 29.3 Å². The summed E-state index contributed by atoms with van der Waals surface area (Å²) in [7, 11) is 1.63. The van der Waals surface area contributed by atoms with Crippen LogP contribution in [0.2, 0.25) is 0 Å². The summed E-state index contributed by atoms with van der Waals surface area (Å²) in [4.78, 5) is 17.1. The number of anilines is 1. The molecule has 0 spiro atoms. The van der Waals surface area contributed by atoms with E-state index in [0.29, 0.717) is 18.2 Å². The number of carbonyl (C=O) groups is 1. The fourth-order valence-electron chi connectivity index (χ4n) is 2.63. The molecule has 134 valence electrons. The average Bonchev–Trinajstić information content (AvgIpc) is 3.14. The van der Waals surface area contributed by atoms with Gasteiger partial charge in [0.1, 0.15) is 10.7 Å². The molecule has 0 bridgehead atoms. The molecule has 1 aromatic heterocycles. The summed E-state index contributed by atoms with van der Waals surface area (Å²) in [5.41, 5.74) is 4.42. The highest BCUT2D eigenvalue weighted by atomic mass is 32.1. The lowest BCUT2D eigenvalue weighted by molar-refractivity contribution is 0.102. The molecule has 1 amide bonds. The van der Waals surface area contributed by atoms with E-state index in [1.165, 1.54) is 16.9 Å². The Labute approximate surface area is 157 Å². The topological polar surface area (TPSA) is 51.2 Å². The molecule has 5 heteroatoms. The zero-order valence-electron chi connectivity index (χ0n) is 15.2. The van der Waals surface area contributed by atoms with Crippen molar-refractivity contribution in [2.24, 2.45) is 0 Å². The minimum absolute atomic E-state index is 0.213. The van der Waals surface area contributed by atoms with E-state index in [4.69, 9.17) is 4.74 Å². The van der Waals surface area contributed by atoms with Crippen LogP contribution in [0.1, 0.15) is 41.4 Å². The van der Waals surface area contributed by atoms with Crippen molar-refractivity contribution in [2.75, 3.05) is 12.4 Å². The second-order valence-electron chi connectivity index (χ2n) is 6.36. The number of nitrogens with zero attached hydrogens (tertiary/aromatic N) is 1. The first kappa shape index (κ1) is 18.3. The van der Waals surface area contributed by atoms with Crippen LogP contribution in [0.25, 0.3) is 10.6 Å². The Hall–Kier alpha value is -2.50. The van der Waals surface area contributed by atoms with Gasteiger partial charge in [0.15, 0.2) is 0 Å². The van der Waals surface area contributed by atoms with E-state index in [1.54, 1.807) is 12.5 Å². The molecule has 4 nitrogen and oxygen atoms in total. The van der Waals surface area contributed by atoms with Crippen molar-refractivity contribution in [1.29, 1.82) is 0 Å². The lowest BCUT2D eigenvalue weighted by atomic mass is 10.0. The largest absolute Gasteiger partial charge is 0.380 e. The molecule has 1 N–H and O–H groups in total. The number of thiazole rings is 1. The lowest BCUT2D eigenvalue weighted by Gasteiger charge is -2.09. The van der Waals surface area contributed by atoms with Gasteiger partial charge in [0.05, 0.1) is 6.61 Å². The van der Waals surface area contributed by atoms with Gasteiger partial charge < -0.3 is 10.1 Å². The van der Waals surface area contributed by atoms with Crippen molar-refractivity contribution < 1.29 is 9.53 Å². The van der Waals surface area contributed by atoms with Crippen molar-refractivity contribution >= 4 is 22.9 Å². The second kappa shape index (κ2) is 8.25. The average molecular weight is 366 g/mol. The summed E-state index contributed by atoms with van der Waals surface area (Å²) in [6.07, 6.45) is 0. The molecule has 2 aromatic carbocycles. The minimum Gasteiger partial charge on any atom is -0.380 e. The van der Waals surface area contributed by atoms with Gasteiger partial charge in [-0.15, -0.1) is 11.3 Å². The number of aromatic nitrogens is 1. The molecule has 0 saturated carbocycles. The molecule has 0 aliphatic rings. The van der Waals surface area contributed by atoms with Gasteiger partial charge in [-0.3, -0.25) is 4.79 Å². The Balaban J connectivity index is 1.76. The van der Waals surface area contributed by atoms with Crippen molar-refractivity contribution in [3.05, 3.63) is 70.7 Å². The number of amides is 1. The SMILES string of the molecule is COCc1ccccc1NC(=O)c1csc(-c2ccc(C(C)C)cc2)n1. The number of nitrogens with one attached hydrogen (secondary N) is 1. The molecule has 0 fully saturated rings. The molecule has 1 heterocycles. The molecular weight excluding hydrogens is 344 g/mol. The summed E-state index contributed by atoms with van der Waals surface area (Å²) in [5, 5.41) is 5.56. The van der Waals surface area contributed by atoms with Gasteiger partial charge in [-0.25, -0.2) is 4.98 Å². The maximum absolute atomic E-state index is 12.6. The highest BCUT2D eigenvalue weighted by Gasteiger charge is 2.14. The molecule has 3 rings (SSSR count). The van der Waals surface area contributed by atoms with Gasteiger partial charge in [-0.05, 0) is 17.5 Å². The fourth-order valence-corrected chi connectivity index (χ4v) is 3.44. The van der Waals surface area contributed by atoms with Crippen LogP contribution in [0, 0.1) is 0 Å². The summed E-state index contributed by atoms with van der Waals surface area (Å²) < 4.78 is 5.18. The molecule has 0 aliphatic heterocycles. The normalized spacial score (nSPS) is 10.9. The maximum Gasteiger partial charge on any atom is 0.275 e. The van der Waals surface area contributed by atoms with E-state index < -0.39 is 0 Å². The Kier molecular flexibility index (Phi) is 5.81. The number of hydrogen-bond donors (Lipinski definition) is 1. The first-order valence-corrected chi connectivity index (χ1v) is 9.40. The number of ether oxygens (including phenoxy) is 1. The van der Waals surface area contributed by atoms with Crippen LogP contribution >= 0.6 is 11.3 Å². The fraction of sp³-hybridized carbons (Fsp3) is 0.238. The van der Waals surface area contributed by atoms with Crippen LogP contribution in [-0.4, -0.2) is 18.0 Å². The number of rotatable bonds is 6. The van der Waals surface area contributed by atoms with Gasteiger partial charge in [0.25, 0.3) is 5.91 Å². The first-order valence-electron chi connectivity index (χ1n) is 8.52. The molecule has 0 radical (unpaired) electrons. The zero-order chi connectivity index (χ0) is 18.5. The maximum atomic E-state index is 12.6. The van der Waals surface area contributed by atoms with Gasteiger partial charge in [-0.1, -0.05) is 56.3 Å². The van der Waals surface area contributed by atoms with E-state index in [-0.39, 0.29) is 5.91 Å². The third-order valence-corrected chi connectivity index (χ3v) is 5.02. The highest BCUT2D eigenvalue weighted by Crippen LogP contribution is 2.26. The summed E-state index contributed by atoms with van der Waals surface area (Å²) in [6, 6.07) is 16.0. The van der Waals surface area contributed by atoms with E-state index in [2.05, 4.69) is 48.4 Å². The highest BCUT2D eigenvalue weighted by molar-refractivity contribution is 7.13. The molecule has 3 aromatic rings. The van der Waals surface area contributed by atoms with Crippen LogP contribution in [-0.2, 0) is 11.3 Å². The molecular formula is C21H22N2O2S. The Morgan fingerprint density at radius 2 is 1.88 bits per heavy atom. The minimum atomic E-state index is -0.213. The lowest BCUT2D eigenvalue weighted by Crippen LogP contribution is -2.13. The number of hydrogen-bond acceptors (Lipinski definition) is 4. The third kappa shape index (κ3) is 4.18. The first-order chi connectivity index (χ1) is 12.6. The predicted molar refractivity (Wildman–Crippen MR) is 107 cm³/mol. The van der Waals surface area contributed by atoms with Crippen molar-refractivity contribution in [3.63, 3.8) is 0 Å². The van der Waals surface area contributed by atoms with Crippen LogP contribution in [0.4, 0.5) is 5.69 Å². The van der Waals surface area contributed by atoms with Crippen LogP contribution in [0.15, 0.2) is 53.9 Å². The van der Waals surface area contributed by atoms with Crippen molar-refractivity contribution in [1.82, 2.24) is 4.98 Å². The Morgan fingerprint density at radius 3 is 2.58 bits per heavy atom. The number of benzene rings is 2. The second-order valence-corrected chi connectivity index (χ2v) is 7.22. The summed E-state index contributed by atoms with van der Waals surface area (Å²) in [6.45, 7) is 4.78. The smallest absolute Gasteiger partial charge is 0.275 e.